The van der Waals surface area contributed by atoms with Crippen molar-refractivity contribution < 1.29 is 9.53 Å². The van der Waals surface area contributed by atoms with Crippen LogP contribution in [0.2, 0.25) is 0 Å². The number of aryl methyl sites for hydroxylation is 1. The second-order valence-electron chi connectivity index (χ2n) is 6.43. The Bertz CT molecular complexity index is 757. The van der Waals surface area contributed by atoms with Crippen LogP contribution in [0.4, 0.5) is 10.7 Å². The molecule has 1 saturated heterocycles. The SMILES string of the molecule is CCCn1cnnc1[C@@H](C)NC(=O)N1CCN(c2nccc(OC)n2)CC1. The number of nitrogens with one attached hydrogen (secondary N) is 1. The Hall–Kier alpha value is -2.91. The number of anilines is 1. The van der Waals surface area contributed by atoms with Crippen molar-refractivity contribution in [2.75, 3.05) is 38.2 Å². The Morgan fingerprint density at radius 3 is 2.81 bits per heavy atom. The minimum absolute atomic E-state index is 0.0974. The number of rotatable bonds is 6. The van der Waals surface area contributed by atoms with Gasteiger partial charge in [-0.1, -0.05) is 6.92 Å². The first-order chi connectivity index (χ1) is 13.1. The van der Waals surface area contributed by atoms with Crippen LogP contribution in [-0.2, 0) is 6.54 Å². The lowest BCUT2D eigenvalue weighted by molar-refractivity contribution is 0.190. The van der Waals surface area contributed by atoms with Crippen LogP contribution in [-0.4, -0.2) is 69.0 Å². The van der Waals surface area contributed by atoms with Crippen molar-refractivity contribution >= 4 is 12.0 Å². The van der Waals surface area contributed by atoms with Gasteiger partial charge in [0.25, 0.3) is 0 Å². The van der Waals surface area contributed by atoms with Crippen LogP contribution in [0.25, 0.3) is 0 Å². The molecule has 146 valence electrons. The molecule has 2 aromatic rings. The summed E-state index contributed by atoms with van der Waals surface area (Å²) in [5.41, 5.74) is 0. The van der Waals surface area contributed by atoms with Crippen LogP contribution in [0.15, 0.2) is 18.6 Å². The van der Waals surface area contributed by atoms with Crippen LogP contribution in [0.5, 0.6) is 5.88 Å². The smallest absolute Gasteiger partial charge is 0.318 e. The van der Waals surface area contributed by atoms with Crippen LogP contribution in [0.3, 0.4) is 0 Å². The van der Waals surface area contributed by atoms with E-state index in [0.29, 0.717) is 38.0 Å². The van der Waals surface area contributed by atoms with Crippen molar-refractivity contribution in [1.29, 1.82) is 0 Å². The number of methoxy groups -OCH3 is 1. The van der Waals surface area contributed by atoms with Crippen molar-refractivity contribution in [1.82, 2.24) is 34.9 Å². The van der Waals surface area contributed by atoms with Gasteiger partial charge in [0.05, 0.1) is 13.2 Å². The fourth-order valence-corrected chi connectivity index (χ4v) is 3.06. The summed E-state index contributed by atoms with van der Waals surface area (Å²) in [5, 5.41) is 11.1. The molecule has 0 aromatic carbocycles. The highest BCUT2D eigenvalue weighted by atomic mass is 16.5. The molecule has 0 unspecified atom stereocenters. The lowest BCUT2D eigenvalue weighted by Crippen LogP contribution is -2.52. The molecule has 3 heterocycles. The van der Waals surface area contributed by atoms with Crippen molar-refractivity contribution in [3.63, 3.8) is 0 Å². The van der Waals surface area contributed by atoms with Gasteiger partial charge in [-0.15, -0.1) is 10.2 Å². The first-order valence-electron chi connectivity index (χ1n) is 9.17. The fourth-order valence-electron chi connectivity index (χ4n) is 3.06. The number of carbonyl (C=O) groups is 1. The molecule has 10 heteroatoms. The van der Waals surface area contributed by atoms with Gasteiger partial charge in [0, 0.05) is 45.0 Å². The summed E-state index contributed by atoms with van der Waals surface area (Å²) >= 11 is 0. The Morgan fingerprint density at radius 2 is 2.11 bits per heavy atom. The van der Waals surface area contributed by atoms with E-state index in [0.717, 1.165) is 18.8 Å². The molecular formula is C17H26N8O2. The number of urea groups is 1. The summed E-state index contributed by atoms with van der Waals surface area (Å²) in [7, 11) is 1.58. The lowest BCUT2D eigenvalue weighted by atomic mass is 10.3. The zero-order valence-electron chi connectivity index (χ0n) is 16.0. The van der Waals surface area contributed by atoms with E-state index >= 15 is 0 Å². The van der Waals surface area contributed by atoms with Crippen molar-refractivity contribution in [3.8, 4) is 5.88 Å². The second-order valence-corrected chi connectivity index (χ2v) is 6.43. The predicted molar refractivity (Wildman–Crippen MR) is 99.6 cm³/mol. The minimum Gasteiger partial charge on any atom is -0.481 e. The molecular weight excluding hydrogens is 348 g/mol. The normalized spacial score (nSPS) is 15.5. The zero-order chi connectivity index (χ0) is 19.2. The number of nitrogens with zero attached hydrogens (tertiary/aromatic N) is 7. The molecule has 1 aliphatic heterocycles. The predicted octanol–water partition coefficient (Wildman–Crippen LogP) is 1.08. The Labute approximate surface area is 158 Å². The number of piperazine rings is 1. The molecule has 1 atom stereocenters. The number of amides is 2. The quantitative estimate of drug-likeness (QED) is 0.807. The Kier molecular flexibility index (Phi) is 6.05. The maximum atomic E-state index is 12.6. The maximum Gasteiger partial charge on any atom is 0.318 e. The van der Waals surface area contributed by atoms with E-state index in [4.69, 9.17) is 4.74 Å². The molecule has 1 aliphatic rings. The summed E-state index contributed by atoms with van der Waals surface area (Å²) in [4.78, 5) is 25.1. The monoisotopic (exact) mass is 374 g/mol. The third kappa shape index (κ3) is 4.44. The minimum atomic E-state index is -0.203. The molecule has 2 amide bonds. The van der Waals surface area contributed by atoms with Gasteiger partial charge in [-0.2, -0.15) is 4.98 Å². The summed E-state index contributed by atoms with van der Waals surface area (Å²) in [6.07, 6.45) is 4.36. The number of hydrogen-bond donors (Lipinski definition) is 1. The maximum absolute atomic E-state index is 12.6. The average molecular weight is 374 g/mol. The van der Waals surface area contributed by atoms with E-state index < -0.39 is 0 Å². The van der Waals surface area contributed by atoms with Gasteiger partial charge in [0.2, 0.25) is 11.8 Å². The lowest BCUT2D eigenvalue weighted by Gasteiger charge is -2.35. The van der Waals surface area contributed by atoms with E-state index in [1.807, 2.05) is 16.4 Å². The van der Waals surface area contributed by atoms with Gasteiger partial charge in [-0.25, -0.2) is 9.78 Å². The topological polar surface area (TPSA) is 101 Å². The first kappa shape index (κ1) is 18.9. The molecule has 1 N–H and O–H groups in total. The van der Waals surface area contributed by atoms with Crippen molar-refractivity contribution in [2.45, 2.75) is 32.9 Å². The standard InChI is InChI=1S/C17H26N8O2/c1-4-7-25-12-19-22-15(25)13(2)20-17(26)24-10-8-23(9-11-24)16-18-6-5-14(21-16)27-3/h5-6,12-13H,4,7-11H2,1-3H3,(H,20,26)/t13-/m1/s1. The van der Waals surface area contributed by atoms with Crippen LogP contribution in [0, 0.1) is 0 Å². The van der Waals surface area contributed by atoms with E-state index in [1.54, 1.807) is 30.6 Å². The molecule has 0 radical (unpaired) electrons. The van der Waals surface area contributed by atoms with E-state index in [2.05, 4.69) is 32.4 Å². The van der Waals surface area contributed by atoms with Gasteiger partial charge in [0.15, 0.2) is 5.82 Å². The summed E-state index contributed by atoms with van der Waals surface area (Å²) in [5.74, 6) is 1.93. The summed E-state index contributed by atoms with van der Waals surface area (Å²) in [6.45, 7) is 7.39. The van der Waals surface area contributed by atoms with Crippen LogP contribution < -0.4 is 15.0 Å². The summed E-state index contributed by atoms with van der Waals surface area (Å²) < 4.78 is 7.12. The highest BCUT2D eigenvalue weighted by Crippen LogP contribution is 2.15. The van der Waals surface area contributed by atoms with Crippen LogP contribution >= 0.6 is 0 Å². The van der Waals surface area contributed by atoms with Crippen molar-refractivity contribution in [3.05, 3.63) is 24.4 Å². The number of hydrogen-bond acceptors (Lipinski definition) is 7. The van der Waals surface area contributed by atoms with E-state index in [-0.39, 0.29) is 12.1 Å². The van der Waals surface area contributed by atoms with Crippen LogP contribution in [0.1, 0.15) is 32.1 Å². The Balaban J connectivity index is 1.54. The highest BCUT2D eigenvalue weighted by Gasteiger charge is 2.25. The molecule has 3 rings (SSSR count). The highest BCUT2D eigenvalue weighted by molar-refractivity contribution is 5.74. The molecule has 0 saturated carbocycles. The van der Waals surface area contributed by atoms with Gasteiger partial charge >= 0.3 is 6.03 Å². The molecule has 0 aliphatic carbocycles. The molecule has 0 spiro atoms. The molecule has 10 nitrogen and oxygen atoms in total. The second kappa shape index (κ2) is 8.65. The number of carbonyl (C=O) groups excluding carboxylic acids is 1. The molecule has 2 aromatic heterocycles. The largest absolute Gasteiger partial charge is 0.481 e. The molecule has 27 heavy (non-hydrogen) atoms. The zero-order valence-corrected chi connectivity index (χ0v) is 16.0. The van der Waals surface area contributed by atoms with E-state index in [1.165, 1.54) is 0 Å². The Morgan fingerprint density at radius 1 is 1.33 bits per heavy atom. The molecule has 0 bridgehead atoms. The van der Waals surface area contributed by atoms with Gasteiger partial charge < -0.3 is 24.4 Å². The molecule has 1 fully saturated rings. The van der Waals surface area contributed by atoms with Gasteiger partial charge in [0.1, 0.15) is 6.33 Å². The van der Waals surface area contributed by atoms with E-state index in [9.17, 15) is 4.79 Å². The third-order valence-electron chi connectivity index (χ3n) is 4.51. The van der Waals surface area contributed by atoms with Gasteiger partial charge in [-0.3, -0.25) is 0 Å². The number of aromatic nitrogens is 5. The average Bonchev–Trinajstić information content (AvgIpc) is 3.17. The summed E-state index contributed by atoms with van der Waals surface area (Å²) in [6, 6.07) is 1.41. The fraction of sp³-hybridized carbons (Fsp3) is 0.588. The van der Waals surface area contributed by atoms with Gasteiger partial charge in [-0.05, 0) is 13.3 Å². The number of ether oxygens (including phenoxy) is 1. The first-order valence-corrected chi connectivity index (χ1v) is 9.17. The van der Waals surface area contributed by atoms with Crippen molar-refractivity contribution in [2.24, 2.45) is 0 Å². The third-order valence-corrected chi connectivity index (χ3v) is 4.51.